The molecule has 0 bridgehead atoms. The summed E-state index contributed by atoms with van der Waals surface area (Å²) in [4.78, 5) is 0. The third-order valence-corrected chi connectivity index (χ3v) is 3.64. The van der Waals surface area contributed by atoms with Crippen LogP contribution in [0.15, 0.2) is 48.5 Å². The van der Waals surface area contributed by atoms with Crippen molar-refractivity contribution in [3.8, 4) is 11.1 Å². The fourth-order valence-electron chi connectivity index (χ4n) is 2.27. The molecule has 112 valence electrons. The molecule has 2 aromatic carbocycles. The van der Waals surface area contributed by atoms with E-state index in [2.05, 4.69) is 0 Å². The topological polar surface area (TPSA) is 20.2 Å². The fraction of sp³-hybridized carbons (Fsp3) is 0.294. The molecule has 0 aliphatic heterocycles. The molecule has 0 radical (unpaired) electrons. The van der Waals surface area contributed by atoms with E-state index in [1.54, 1.807) is 0 Å². The number of hydrogen-bond acceptors (Lipinski definition) is 1. The zero-order valence-electron chi connectivity index (χ0n) is 11.7. The zero-order chi connectivity index (χ0) is 15.5. The van der Waals surface area contributed by atoms with Crippen molar-refractivity contribution in [1.82, 2.24) is 0 Å². The van der Waals surface area contributed by atoms with E-state index in [1.807, 2.05) is 31.2 Å². The molecular weight excluding hydrogens is 277 g/mol. The maximum atomic E-state index is 12.5. The molecule has 1 nitrogen and oxygen atoms in total. The molecule has 0 saturated carbocycles. The van der Waals surface area contributed by atoms with Crippen molar-refractivity contribution in [3.05, 3.63) is 59.7 Å². The van der Waals surface area contributed by atoms with E-state index >= 15 is 0 Å². The molecule has 0 fully saturated rings. The molecule has 0 amide bonds. The van der Waals surface area contributed by atoms with E-state index in [0.717, 1.165) is 35.2 Å². The molecule has 0 unspecified atom stereocenters. The van der Waals surface area contributed by atoms with Crippen LogP contribution in [0.3, 0.4) is 0 Å². The largest absolute Gasteiger partial charge is 0.416 e. The predicted octanol–water partition coefficient (Wildman–Crippen LogP) is 4.86. The minimum absolute atomic E-state index is 0.0934. The molecule has 0 aliphatic carbocycles. The van der Waals surface area contributed by atoms with Gasteiger partial charge in [-0.25, -0.2) is 0 Å². The third-order valence-electron chi connectivity index (χ3n) is 3.64. The molecule has 0 heterocycles. The van der Waals surface area contributed by atoms with Crippen molar-refractivity contribution in [2.24, 2.45) is 0 Å². The Labute approximate surface area is 122 Å². The number of aliphatic hydroxyl groups is 1. The lowest BCUT2D eigenvalue weighted by Gasteiger charge is -2.13. The van der Waals surface area contributed by atoms with E-state index in [9.17, 15) is 18.3 Å². The van der Waals surface area contributed by atoms with Gasteiger partial charge in [0, 0.05) is 12.5 Å². The molecular formula is C17H17F3O. The highest BCUT2D eigenvalue weighted by molar-refractivity contribution is 5.64. The van der Waals surface area contributed by atoms with Gasteiger partial charge in [0.15, 0.2) is 0 Å². The van der Waals surface area contributed by atoms with Crippen molar-refractivity contribution in [2.45, 2.75) is 25.4 Å². The summed E-state index contributed by atoms with van der Waals surface area (Å²) >= 11 is 0. The molecule has 21 heavy (non-hydrogen) atoms. The Morgan fingerprint density at radius 3 is 1.76 bits per heavy atom. The van der Waals surface area contributed by atoms with Crippen LogP contribution in [0, 0.1) is 0 Å². The van der Waals surface area contributed by atoms with Crippen LogP contribution in [0.1, 0.15) is 30.4 Å². The van der Waals surface area contributed by atoms with Crippen LogP contribution in [-0.4, -0.2) is 11.7 Å². The van der Waals surface area contributed by atoms with Crippen LogP contribution in [0.25, 0.3) is 11.1 Å². The van der Waals surface area contributed by atoms with Crippen molar-refractivity contribution >= 4 is 0 Å². The Hall–Kier alpha value is -1.81. The summed E-state index contributed by atoms with van der Waals surface area (Å²) in [5, 5.41) is 9.27. The molecule has 1 N–H and O–H groups in total. The Balaban J connectivity index is 2.23. The Kier molecular flexibility index (Phi) is 4.68. The number of hydrogen-bond donors (Lipinski definition) is 1. The average Bonchev–Trinajstić information content (AvgIpc) is 2.48. The number of alkyl halides is 3. The SMILES string of the molecule is CC[C@H](CO)c1ccc(-c2ccc(C(F)(F)F)cc2)cc1. The number of benzene rings is 2. The molecule has 0 aromatic heterocycles. The highest BCUT2D eigenvalue weighted by atomic mass is 19.4. The molecule has 2 aromatic rings. The van der Waals surface area contributed by atoms with Crippen LogP contribution >= 0.6 is 0 Å². The van der Waals surface area contributed by atoms with E-state index in [-0.39, 0.29) is 12.5 Å². The third kappa shape index (κ3) is 3.64. The summed E-state index contributed by atoms with van der Waals surface area (Å²) in [7, 11) is 0. The van der Waals surface area contributed by atoms with E-state index in [1.165, 1.54) is 12.1 Å². The summed E-state index contributed by atoms with van der Waals surface area (Å²) in [5.41, 5.74) is 2.00. The van der Waals surface area contributed by atoms with Gasteiger partial charge < -0.3 is 5.11 Å². The second kappa shape index (κ2) is 6.31. The molecule has 0 spiro atoms. The Morgan fingerprint density at radius 1 is 0.905 bits per heavy atom. The minimum atomic E-state index is -4.31. The number of rotatable bonds is 4. The van der Waals surface area contributed by atoms with Gasteiger partial charge >= 0.3 is 6.18 Å². The van der Waals surface area contributed by atoms with Crippen LogP contribution in [0.4, 0.5) is 13.2 Å². The van der Waals surface area contributed by atoms with Gasteiger partial charge in [0.25, 0.3) is 0 Å². The second-order valence-electron chi connectivity index (χ2n) is 4.98. The van der Waals surface area contributed by atoms with E-state index in [0.29, 0.717) is 0 Å². The maximum Gasteiger partial charge on any atom is 0.416 e. The van der Waals surface area contributed by atoms with Gasteiger partial charge in [-0.3, -0.25) is 0 Å². The van der Waals surface area contributed by atoms with Crippen LogP contribution in [0.5, 0.6) is 0 Å². The van der Waals surface area contributed by atoms with Gasteiger partial charge in [0.2, 0.25) is 0 Å². The van der Waals surface area contributed by atoms with Crippen LogP contribution in [-0.2, 0) is 6.18 Å². The minimum Gasteiger partial charge on any atom is -0.396 e. The normalized spacial score (nSPS) is 13.2. The predicted molar refractivity (Wildman–Crippen MR) is 77.0 cm³/mol. The van der Waals surface area contributed by atoms with Crippen molar-refractivity contribution in [1.29, 1.82) is 0 Å². The first-order valence-electron chi connectivity index (χ1n) is 6.84. The first-order chi connectivity index (χ1) is 9.95. The summed E-state index contributed by atoms with van der Waals surface area (Å²) in [6.45, 7) is 2.10. The van der Waals surface area contributed by atoms with Crippen LogP contribution in [0.2, 0.25) is 0 Å². The zero-order valence-corrected chi connectivity index (χ0v) is 11.7. The summed E-state index contributed by atoms with van der Waals surface area (Å²) in [6, 6.07) is 12.7. The molecule has 0 saturated heterocycles. The van der Waals surface area contributed by atoms with Gasteiger partial charge in [0.05, 0.1) is 5.56 Å². The van der Waals surface area contributed by atoms with Gasteiger partial charge in [-0.15, -0.1) is 0 Å². The summed E-state index contributed by atoms with van der Waals surface area (Å²) in [6.07, 6.45) is -3.46. The Bertz CT molecular complexity index is 566. The monoisotopic (exact) mass is 294 g/mol. The molecule has 1 atom stereocenters. The van der Waals surface area contributed by atoms with Crippen molar-refractivity contribution in [2.75, 3.05) is 6.61 Å². The van der Waals surface area contributed by atoms with Gasteiger partial charge in [-0.05, 0) is 35.2 Å². The lowest BCUT2D eigenvalue weighted by atomic mass is 9.95. The maximum absolute atomic E-state index is 12.5. The van der Waals surface area contributed by atoms with Gasteiger partial charge in [-0.2, -0.15) is 13.2 Å². The van der Waals surface area contributed by atoms with Crippen molar-refractivity contribution in [3.63, 3.8) is 0 Å². The van der Waals surface area contributed by atoms with E-state index in [4.69, 9.17) is 0 Å². The van der Waals surface area contributed by atoms with Gasteiger partial charge in [0.1, 0.15) is 0 Å². The smallest absolute Gasteiger partial charge is 0.396 e. The molecule has 4 heteroatoms. The lowest BCUT2D eigenvalue weighted by molar-refractivity contribution is -0.137. The highest BCUT2D eigenvalue weighted by Gasteiger charge is 2.29. The van der Waals surface area contributed by atoms with Gasteiger partial charge in [-0.1, -0.05) is 43.3 Å². The number of aliphatic hydroxyl groups excluding tert-OH is 1. The lowest BCUT2D eigenvalue weighted by Crippen LogP contribution is -2.04. The first-order valence-corrected chi connectivity index (χ1v) is 6.84. The second-order valence-corrected chi connectivity index (χ2v) is 4.98. The standard InChI is InChI=1S/C17H17F3O/c1-2-12(11-21)13-3-5-14(6-4-13)15-7-9-16(10-8-15)17(18,19)20/h3-10,12,21H,2,11H2,1H3/t12-/m1/s1. The summed E-state index contributed by atoms with van der Waals surface area (Å²) < 4.78 is 37.6. The quantitative estimate of drug-likeness (QED) is 0.854. The fourth-order valence-corrected chi connectivity index (χ4v) is 2.27. The van der Waals surface area contributed by atoms with Crippen LogP contribution < -0.4 is 0 Å². The number of halogens is 3. The highest BCUT2D eigenvalue weighted by Crippen LogP contribution is 2.31. The Morgan fingerprint density at radius 2 is 1.38 bits per heavy atom. The average molecular weight is 294 g/mol. The van der Waals surface area contributed by atoms with Crippen molar-refractivity contribution < 1.29 is 18.3 Å². The summed E-state index contributed by atoms with van der Waals surface area (Å²) in [5.74, 6) is 0.103. The first kappa shape index (κ1) is 15.6. The molecule has 0 aliphatic rings. The van der Waals surface area contributed by atoms with E-state index < -0.39 is 11.7 Å². The molecule has 2 rings (SSSR count).